The first-order valence-corrected chi connectivity index (χ1v) is 13.4. The first kappa shape index (κ1) is 29.0. The number of ether oxygens (including phenoxy) is 3. The maximum absolute atomic E-state index is 13.4. The first-order chi connectivity index (χ1) is 18.4. The van der Waals surface area contributed by atoms with Crippen LogP contribution in [0.1, 0.15) is 57.2 Å². The predicted molar refractivity (Wildman–Crippen MR) is 148 cm³/mol. The summed E-state index contributed by atoms with van der Waals surface area (Å²) in [5.74, 6) is 0.0503. The van der Waals surface area contributed by atoms with Crippen LogP contribution in [0.15, 0.2) is 48.0 Å². The SMILES string of the molecule is CCCCOc1cccc(C(O)=C2C(=O)C(=O)N(CCCN(CC)CC)C2c2ccc(OC)c(OC)c2)c1. The van der Waals surface area contributed by atoms with Crippen molar-refractivity contribution < 1.29 is 28.9 Å². The maximum atomic E-state index is 13.4. The van der Waals surface area contributed by atoms with Gasteiger partial charge < -0.3 is 29.1 Å². The molecule has 1 fully saturated rings. The van der Waals surface area contributed by atoms with Gasteiger partial charge in [0.05, 0.1) is 32.4 Å². The van der Waals surface area contributed by atoms with Crippen LogP contribution < -0.4 is 14.2 Å². The molecule has 2 aromatic carbocycles. The largest absolute Gasteiger partial charge is 0.507 e. The maximum Gasteiger partial charge on any atom is 0.295 e. The summed E-state index contributed by atoms with van der Waals surface area (Å²) in [6, 6.07) is 11.5. The number of nitrogens with zero attached hydrogens (tertiary/aromatic N) is 2. The van der Waals surface area contributed by atoms with Crippen molar-refractivity contribution in [3.8, 4) is 17.2 Å². The number of hydrogen-bond acceptors (Lipinski definition) is 7. The van der Waals surface area contributed by atoms with Gasteiger partial charge in [-0.2, -0.15) is 0 Å². The van der Waals surface area contributed by atoms with E-state index in [1.54, 1.807) is 48.4 Å². The Bertz CT molecular complexity index is 1140. The molecule has 1 aliphatic heterocycles. The van der Waals surface area contributed by atoms with Gasteiger partial charge >= 0.3 is 0 Å². The molecular weight excluding hydrogens is 484 g/mol. The van der Waals surface area contributed by atoms with E-state index in [0.717, 1.165) is 32.5 Å². The second-order valence-corrected chi connectivity index (χ2v) is 9.22. The molecule has 0 aromatic heterocycles. The van der Waals surface area contributed by atoms with Crippen LogP contribution in [0.4, 0.5) is 0 Å². The van der Waals surface area contributed by atoms with Gasteiger partial charge in [0.25, 0.3) is 11.7 Å². The molecule has 1 N–H and O–H groups in total. The highest BCUT2D eigenvalue weighted by atomic mass is 16.5. The summed E-state index contributed by atoms with van der Waals surface area (Å²) in [6.07, 6.45) is 2.61. The summed E-state index contributed by atoms with van der Waals surface area (Å²) in [4.78, 5) is 30.5. The number of likely N-dealkylation sites (tertiary alicyclic amines) is 1. The fraction of sp³-hybridized carbons (Fsp3) is 0.467. The number of benzene rings is 2. The van der Waals surface area contributed by atoms with Crippen molar-refractivity contribution in [2.75, 3.05) is 47.0 Å². The average molecular weight is 525 g/mol. The molecule has 0 aliphatic carbocycles. The lowest BCUT2D eigenvalue weighted by atomic mass is 9.95. The molecule has 3 rings (SSSR count). The van der Waals surface area contributed by atoms with Gasteiger partial charge in [0, 0.05) is 12.1 Å². The van der Waals surface area contributed by atoms with Gasteiger partial charge in [-0.05, 0) is 62.3 Å². The normalized spacial score (nSPS) is 16.8. The standard InChI is InChI=1S/C30H40N2O6/c1-6-9-18-38-23-13-10-12-22(19-23)28(33)26-27(21-14-15-24(36-4)25(20-21)37-5)32(30(35)29(26)34)17-11-16-31(7-2)8-3/h10,12-15,19-20,27,33H,6-9,11,16-18H2,1-5H3. The lowest BCUT2D eigenvalue weighted by molar-refractivity contribution is -0.140. The molecule has 206 valence electrons. The van der Waals surface area contributed by atoms with Crippen molar-refractivity contribution >= 4 is 17.4 Å². The predicted octanol–water partition coefficient (Wildman–Crippen LogP) is 5.04. The monoisotopic (exact) mass is 524 g/mol. The average Bonchev–Trinajstić information content (AvgIpc) is 3.19. The number of Topliss-reactive ketones (excluding diaryl/α,β-unsaturated/α-hetero) is 1. The number of aliphatic hydroxyl groups is 1. The Labute approximate surface area is 225 Å². The van der Waals surface area contributed by atoms with E-state index in [0.29, 0.717) is 47.9 Å². The van der Waals surface area contributed by atoms with Crippen LogP contribution in [0.2, 0.25) is 0 Å². The van der Waals surface area contributed by atoms with E-state index in [-0.39, 0.29) is 11.3 Å². The van der Waals surface area contributed by atoms with Crippen LogP contribution in [0.3, 0.4) is 0 Å². The number of amides is 1. The van der Waals surface area contributed by atoms with Crippen LogP contribution in [-0.2, 0) is 9.59 Å². The highest BCUT2D eigenvalue weighted by Gasteiger charge is 2.46. The molecule has 2 aromatic rings. The van der Waals surface area contributed by atoms with Gasteiger partial charge in [-0.3, -0.25) is 9.59 Å². The molecule has 8 nitrogen and oxygen atoms in total. The van der Waals surface area contributed by atoms with Gasteiger partial charge in [-0.15, -0.1) is 0 Å². The molecule has 1 atom stereocenters. The summed E-state index contributed by atoms with van der Waals surface area (Å²) in [6.45, 7) is 9.82. The van der Waals surface area contributed by atoms with Gasteiger partial charge in [0.15, 0.2) is 11.5 Å². The van der Waals surface area contributed by atoms with E-state index < -0.39 is 17.7 Å². The van der Waals surface area contributed by atoms with E-state index in [1.165, 1.54) is 7.11 Å². The molecule has 1 saturated heterocycles. The molecule has 1 unspecified atom stereocenters. The number of hydrogen-bond donors (Lipinski definition) is 1. The number of carbonyl (C=O) groups excluding carboxylic acids is 2. The van der Waals surface area contributed by atoms with Gasteiger partial charge in [-0.25, -0.2) is 0 Å². The Morgan fingerprint density at radius 1 is 0.974 bits per heavy atom. The van der Waals surface area contributed by atoms with Crippen LogP contribution in [0, 0.1) is 0 Å². The summed E-state index contributed by atoms with van der Waals surface area (Å²) in [5, 5.41) is 11.4. The Balaban J connectivity index is 2.06. The van der Waals surface area contributed by atoms with Crippen LogP contribution in [-0.4, -0.2) is 73.6 Å². The zero-order chi connectivity index (χ0) is 27.7. The third-order valence-electron chi connectivity index (χ3n) is 6.91. The molecule has 0 bridgehead atoms. The van der Waals surface area contributed by atoms with Gasteiger partial charge in [0.1, 0.15) is 11.5 Å². The summed E-state index contributed by atoms with van der Waals surface area (Å²) in [5.41, 5.74) is 1.13. The van der Waals surface area contributed by atoms with Crippen molar-refractivity contribution in [1.82, 2.24) is 9.80 Å². The smallest absolute Gasteiger partial charge is 0.295 e. The van der Waals surface area contributed by atoms with E-state index >= 15 is 0 Å². The van der Waals surface area contributed by atoms with E-state index in [9.17, 15) is 14.7 Å². The minimum Gasteiger partial charge on any atom is -0.507 e. The fourth-order valence-electron chi connectivity index (χ4n) is 4.71. The van der Waals surface area contributed by atoms with Crippen molar-refractivity contribution in [1.29, 1.82) is 0 Å². The van der Waals surface area contributed by atoms with E-state index in [4.69, 9.17) is 14.2 Å². The number of rotatable bonds is 14. The topological polar surface area (TPSA) is 88.5 Å². The summed E-state index contributed by atoms with van der Waals surface area (Å²) < 4.78 is 16.7. The molecular formula is C30H40N2O6. The second-order valence-electron chi connectivity index (χ2n) is 9.22. The lowest BCUT2D eigenvalue weighted by Crippen LogP contribution is -2.33. The van der Waals surface area contributed by atoms with Crippen LogP contribution >= 0.6 is 0 Å². The lowest BCUT2D eigenvalue weighted by Gasteiger charge is -2.27. The second kappa shape index (κ2) is 13.9. The molecule has 0 radical (unpaired) electrons. The van der Waals surface area contributed by atoms with Crippen LogP contribution in [0.5, 0.6) is 17.2 Å². The van der Waals surface area contributed by atoms with Gasteiger partial charge in [0.2, 0.25) is 0 Å². The fourth-order valence-corrected chi connectivity index (χ4v) is 4.71. The first-order valence-electron chi connectivity index (χ1n) is 13.4. The van der Waals surface area contributed by atoms with E-state index in [2.05, 4.69) is 25.7 Å². The summed E-state index contributed by atoms with van der Waals surface area (Å²) in [7, 11) is 3.08. The van der Waals surface area contributed by atoms with Crippen molar-refractivity contribution in [2.24, 2.45) is 0 Å². The third-order valence-corrected chi connectivity index (χ3v) is 6.91. The Hall–Kier alpha value is -3.52. The quantitative estimate of drug-likeness (QED) is 0.160. The molecule has 1 aliphatic rings. The molecule has 1 amide bonds. The third kappa shape index (κ3) is 6.48. The molecule has 0 spiro atoms. The summed E-state index contributed by atoms with van der Waals surface area (Å²) >= 11 is 0. The molecule has 38 heavy (non-hydrogen) atoms. The van der Waals surface area contributed by atoms with Gasteiger partial charge in [-0.1, -0.05) is 45.4 Å². The van der Waals surface area contributed by atoms with Crippen molar-refractivity contribution in [3.05, 3.63) is 59.2 Å². The number of ketones is 1. The zero-order valence-corrected chi connectivity index (χ0v) is 23.2. The van der Waals surface area contributed by atoms with Crippen molar-refractivity contribution in [3.63, 3.8) is 0 Å². The van der Waals surface area contributed by atoms with Crippen molar-refractivity contribution in [2.45, 2.75) is 46.1 Å². The van der Waals surface area contributed by atoms with Crippen LogP contribution in [0.25, 0.3) is 5.76 Å². The Morgan fingerprint density at radius 2 is 1.71 bits per heavy atom. The molecule has 0 saturated carbocycles. The Kier molecular flexibility index (Phi) is 10.6. The Morgan fingerprint density at radius 3 is 2.37 bits per heavy atom. The zero-order valence-electron chi connectivity index (χ0n) is 23.2. The number of aliphatic hydroxyl groups excluding tert-OH is 1. The van der Waals surface area contributed by atoms with E-state index in [1.807, 2.05) is 6.07 Å². The number of unbranched alkanes of at least 4 members (excludes halogenated alkanes) is 1. The highest BCUT2D eigenvalue weighted by molar-refractivity contribution is 6.46. The molecule has 1 heterocycles. The number of methoxy groups -OCH3 is 2. The minimum absolute atomic E-state index is 0.0516. The minimum atomic E-state index is -0.767. The highest BCUT2D eigenvalue weighted by Crippen LogP contribution is 2.42. The number of carbonyl (C=O) groups is 2. The molecule has 8 heteroatoms.